The van der Waals surface area contributed by atoms with Crippen LogP contribution in [0.3, 0.4) is 0 Å². The second kappa shape index (κ2) is 8.29. The molecule has 0 saturated carbocycles. The number of ether oxygens (including phenoxy) is 1. The van der Waals surface area contributed by atoms with Gasteiger partial charge in [-0.1, -0.05) is 12.1 Å². The van der Waals surface area contributed by atoms with Crippen LogP contribution in [0.25, 0.3) is 0 Å². The standard InChI is InChI=1S/C16H24N2O2S/c1-12-4-3-5-15(8-12)20-10-13(2)18-16(19)9-14-11-21-7-6-17-14/h3-5,8,13-14,17H,6-7,9-11H2,1-2H3,(H,18,19). The lowest BCUT2D eigenvalue weighted by Crippen LogP contribution is -2.44. The molecule has 116 valence electrons. The highest BCUT2D eigenvalue weighted by atomic mass is 32.2. The third-order valence-corrected chi connectivity index (χ3v) is 4.46. The zero-order chi connectivity index (χ0) is 15.1. The van der Waals surface area contributed by atoms with Crippen LogP contribution in [0.5, 0.6) is 5.75 Å². The van der Waals surface area contributed by atoms with Gasteiger partial charge in [-0.25, -0.2) is 0 Å². The smallest absolute Gasteiger partial charge is 0.221 e. The van der Waals surface area contributed by atoms with Crippen LogP contribution in [-0.2, 0) is 4.79 Å². The molecule has 21 heavy (non-hydrogen) atoms. The van der Waals surface area contributed by atoms with Crippen LogP contribution in [0, 0.1) is 6.92 Å². The number of carbonyl (C=O) groups is 1. The molecule has 2 rings (SSSR count). The summed E-state index contributed by atoms with van der Waals surface area (Å²) in [4.78, 5) is 12.0. The van der Waals surface area contributed by atoms with Crippen LogP contribution in [-0.4, -0.2) is 42.6 Å². The molecule has 0 aromatic heterocycles. The first kappa shape index (κ1) is 16.2. The van der Waals surface area contributed by atoms with E-state index in [1.54, 1.807) is 0 Å². The first-order chi connectivity index (χ1) is 10.1. The zero-order valence-corrected chi connectivity index (χ0v) is 13.5. The van der Waals surface area contributed by atoms with Crippen LogP contribution in [0.2, 0.25) is 0 Å². The molecule has 1 amide bonds. The molecule has 1 aromatic carbocycles. The number of thioether (sulfide) groups is 1. The maximum absolute atomic E-state index is 12.0. The molecule has 0 bridgehead atoms. The van der Waals surface area contributed by atoms with Gasteiger partial charge in [-0.05, 0) is 31.5 Å². The first-order valence-electron chi connectivity index (χ1n) is 7.43. The number of aryl methyl sites for hydroxylation is 1. The fourth-order valence-electron chi connectivity index (χ4n) is 2.28. The number of rotatable bonds is 6. The van der Waals surface area contributed by atoms with Crippen molar-refractivity contribution < 1.29 is 9.53 Å². The van der Waals surface area contributed by atoms with Gasteiger partial charge in [0.2, 0.25) is 5.91 Å². The van der Waals surface area contributed by atoms with Gasteiger partial charge in [0.05, 0.1) is 6.04 Å². The van der Waals surface area contributed by atoms with Crippen molar-refractivity contribution in [3.8, 4) is 5.75 Å². The fourth-order valence-corrected chi connectivity index (χ4v) is 3.23. The average Bonchev–Trinajstić information content (AvgIpc) is 2.46. The van der Waals surface area contributed by atoms with E-state index in [-0.39, 0.29) is 11.9 Å². The van der Waals surface area contributed by atoms with Crippen molar-refractivity contribution in [1.82, 2.24) is 10.6 Å². The highest BCUT2D eigenvalue weighted by molar-refractivity contribution is 7.99. The number of benzene rings is 1. The Labute approximate surface area is 131 Å². The minimum Gasteiger partial charge on any atom is -0.491 e. The number of hydrogen-bond donors (Lipinski definition) is 2. The van der Waals surface area contributed by atoms with Gasteiger partial charge in [0.1, 0.15) is 12.4 Å². The van der Waals surface area contributed by atoms with Crippen molar-refractivity contribution in [2.24, 2.45) is 0 Å². The molecule has 2 N–H and O–H groups in total. The summed E-state index contributed by atoms with van der Waals surface area (Å²) < 4.78 is 5.71. The van der Waals surface area contributed by atoms with Gasteiger partial charge in [0, 0.05) is 30.5 Å². The molecule has 1 heterocycles. The van der Waals surface area contributed by atoms with Crippen LogP contribution >= 0.6 is 11.8 Å². The summed E-state index contributed by atoms with van der Waals surface area (Å²) in [6.45, 7) is 5.49. The largest absolute Gasteiger partial charge is 0.491 e. The van der Waals surface area contributed by atoms with Crippen molar-refractivity contribution in [3.63, 3.8) is 0 Å². The van der Waals surface area contributed by atoms with E-state index in [4.69, 9.17) is 4.74 Å². The molecule has 0 spiro atoms. The zero-order valence-electron chi connectivity index (χ0n) is 12.7. The Balaban J connectivity index is 1.68. The summed E-state index contributed by atoms with van der Waals surface area (Å²) in [5, 5.41) is 6.37. The number of carbonyl (C=O) groups excluding carboxylic acids is 1. The van der Waals surface area contributed by atoms with Gasteiger partial charge in [0.25, 0.3) is 0 Å². The molecule has 1 aromatic rings. The summed E-state index contributed by atoms with van der Waals surface area (Å²) in [6.07, 6.45) is 0.543. The lowest BCUT2D eigenvalue weighted by Gasteiger charge is -2.23. The lowest BCUT2D eigenvalue weighted by molar-refractivity contribution is -0.122. The van der Waals surface area contributed by atoms with Gasteiger partial charge in [-0.2, -0.15) is 11.8 Å². The second-order valence-corrected chi connectivity index (χ2v) is 6.68. The maximum Gasteiger partial charge on any atom is 0.221 e. The monoisotopic (exact) mass is 308 g/mol. The van der Waals surface area contributed by atoms with E-state index < -0.39 is 0 Å². The van der Waals surface area contributed by atoms with Crippen molar-refractivity contribution >= 4 is 17.7 Å². The van der Waals surface area contributed by atoms with Gasteiger partial charge >= 0.3 is 0 Å². The fraction of sp³-hybridized carbons (Fsp3) is 0.562. The van der Waals surface area contributed by atoms with Crippen LogP contribution < -0.4 is 15.4 Å². The van der Waals surface area contributed by atoms with Gasteiger partial charge in [-0.3, -0.25) is 4.79 Å². The van der Waals surface area contributed by atoms with E-state index in [9.17, 15) is 4.79 Å². The number of nitrogens with one attached hydrogen (secondary N) is 2. The number of hydrogen-bond acceptors (Lipinski definition) is 4. The van der Waals surface area contributed by atoms with Crippen molar-refractivity contribution in [1.29, 1.82) is 0 Å². The Bertz CT molecular complexity index is 461. The summed E-state index contributed by atoms with van der Waals surface area (Å²) in [5.41, 5.74) is 1.17. The predicted molar refractivity (Wildman–Crippen MR) is 88.0 cm³/mol. The molecule has 4 nitrogen and oxygen atoms in total. The van der Waals surface area contributed by atoms with E-state index in [0.717, 1.165) is 23.8 Å². The van der Waals surface area contributed by atoms with E-state index in [1.165, 1.54) is 5.56 Å². The number of amides is 1. The molecule has 1 aliphatic rings. The Morgan fingerprint density at radius 1 is 1.57 bits per heavy atom. The predicted octanol–water partition coefficient (Wildman–Crippen LogP) is 1.97. The quantitative estimate of drug-likeness (QED) is 0.844. The van der Waals surface area contributed by atoms with Gasteiger partial charge < -0.3 is 15.4 Å². The molecule has 1 saturated heterocycles. The molecule has 0 radical (unpaired) electrons. The van der Waals surface area contributed by atoms with E-state index >= 15 is 0 Å². The molecule has 5 heteroatoms. The van der Waals surface area contributed by atoms with Crippen LogP contribution in [0.15, 0.2) is 24.3 Å². The maximum atomic E-state index is 12.0. The Morgan fingerprint density at radius 2 is 2.43 bits per heavy atom. The summed E-state index contributed by atoms with van der Waals surface area (Å²) in [7, 11) is 0. The van der Waals surface area contributed by atoms with E-state index in [1.807, 2.05) is 49.9 Å². The van der Waals surface area contributed by atoms with Crippen molar-refractivity contribution in [2.45, 2.75) is 32.4 Å². The average molecular weight is 308 g/mol. The van der Waals surface area contributed by atoms with E-state index in [0.29, 0.717) is 19.1 Å². The minimum absolute atomic E-state index is 0.00857. The Morgan fingerprint density at radius 3 is 3.14 bits per heavy atom. The molecule has 1 aliphatic heterocycles. The normalized spacial score (nSPS) is 19.8. The SMILES string of the molecule is Cc1cccc(OCC(C)NC(=O)CC2CSCCN2)c1. The Kier molecular flexibility index (Phi) is 6.39. The minimum atomic E-state index is 0.00857. The third kappa shape index (κ3) is 5.98. The molecule has 0 aliphatic carbocycles. The van der Waals surface area contributed by atoms with Crippen LogP contribution in [0.1, 0.15) is 18.9 Å². The van der Waals surface area contributed by atoms with E-state index in [2.05, 4.69) is 10.6 Å². The lowest BCUT2D eigenvalue weighted by atomic mass is 10.2. The molecule has 1 fully saturated rings. The molecular formula is C16H24N2O2S. The summed E-state index contributed by atoms with van der Waals surface area (Å²) >= 11 is 1.91. The molecule has 2 unspecified atom stereocenters. The Hall–Kier alpha value is -1.20. The second-order valence-electron chi connectivity index (χ2n) is 5.53. The van der Waals surface area contributed by atoms with Crippen LogP contribution in [0.4, 0.5) is 0 Å². The summed E-state index contributed by atoms with van der Waals surface area (Å²) in [5.74, 6) is 3.09. The molecule has 2 atom stereocenters. The van der Waals surface area contributed by atoms with Crippen molar-refractivity contribution in [2.75, 3.05) is 24.7 Å². The topological polar surface area (TPSA) is 50.4 Å². The third-order valence-electron chi connectivity index (χ3n) is 3.33. The summed E-state index contributed by atoms with van der Waals surface area (Å²) in [6, 6.07) is 8.25. The highest BCUT2D eigenvalue weighted by Gasteiger charge is 2.17. The first-order valence-corrected chi connectivity index (χ1v) is 8.59. The highest BCUT2D eigenvalue weighted by Crippen LogP contribution is 2.13. The van der Waals surface area contributed by atoms with Gasteiger partial charge in [0.15, 0.2) is 0 Å². The van der Waals surface area contributed by atoms with Crippen molar-refractivity contribution in [3.05, 3.63) is 29.8 Å². The van der Waals surface area contributed by atoms with Gasteiger partial charge in [-0.15, -0.1) is 0 Å². The molecular weight excluding hydrogens is 284 g/mol.